The quantitative estimate of drug-likeness (QED) is 0.0919. The van der Waals surface area contributed by atoms with Crippen LogP contribution >= 0.6 is 0 Å². The predicted octanol–water partition coefficient (Wildman–Crippen LogP) is 4.72. The summed E-state index contributed by atoms with van der Waals surface area (Å²) < 4.78 is 68.0. The largest absolute Gasteiger partial charge is 0.458 e. The Morgan fingerprint density at radius 2 is 1.45 bits per heavy atom. The number of aliphatic hydroxyl groups is 5. The van der Waals surface area contributed by atoms with E-state index in [9.17, 15) is 35.1 Å². The zero-order valence-corrected chi connectivity index (χ0v) is 45.1. The standard InChI is InChI=1S/C57H79NO18/c1-31-46(60)50(68-9)47(61)52(71-31)76-49-33(3)70-45(28-40(49)67-8)75-48-32(2)69-44(27-39(48)66-7)73-38-20-21-53(5)37(26-38)19-22-56(64)41(53)29-42(74-43(59)18-17-35-14-11-10-12-15-35)54(6)55(63,23-24-57(54,56)65)34(4)72-51(62)36-16-13-25-58-30-36/h10-19,25,30-34,38-42,44-50,52,60-61,63-65H,20-24,26-29H2,1-9H3/b18-17+/t31-,32-,33-,34+,38+,39+,40-,41-,42-,44+,45+,46-,47-,48-,49-,50+,52+,53+,54-,55+,56+,57-/m1/s1. The fourth-order valence-electron chi connectivity index (χ4n) is 14.3. The van der Waals surface area contributed by atoms with E-state index in [-0.39, 0.29) is 37.4 Å². The zero-order chi connectivity index (χ0) is 54.5. The van der Waals surface area contributed by atoms with Gasteiger partial charge in [-0.25, -0.2) is 9.59 Å². The normalized spacial score (nSPS) is 44.7. The first-order valence-electron chi connectivity index (χ1n) is 26.9. The fraction of sp³-hybridized carbons (Fsp3) is 0.702. The third-order valence-corrected chi connectivity index (χ3v) is 18.8. The lowest BCUT2D eigenvalue weighted by atomic mass is 9.42. The second kappa shape index (κ2) is 22.4. The highest BCUT2D eigenvalue weighted by molar-refractivity contribution is 5.89. The highest BCUT2D eigenvalue weighted by Crippen LogP contribution is 2.71. The molecule has 3 saturated carbocycles. The minimum atomic E-state index is -2.01. The summed E-state index contributed by atoms with van der Waals surface area (Å²) in [7, 11) is 4.60. The lowest BCUT2D eigenvalue weighted by molar-refractivity contribution is -0.352. The molecule has 0 spiro atoms. The van der Waals surface area contributed by atoms with Crippen LogP contribution in [-0.4, -0.2) is 179 Å². The topological polar surface area (TPSA) is 250 Å². The average molecular weight is 1070 g/mol. The molecule has 19 heteroatoms. The van der Waals surface area contributed by atoms with Gasteiger partial charge in [0.2, 0.25) is 0 Å². The van der Waals surface area contributed by atoms with Gasteiger partial charge in [-0.2, -0.15) is 0 Å². The van der Waals surface area contributed by atoms with E-state index in [1.165, 1.54) is 25.6 Å². The predicted molar refractivity (Wildman–Crippen MR) is 271 cm³/mol. The molecule has 5 N–H and O–H groups in total. The van der Waals surface area contributed by atoms with Gasteiger partial charge in [-0.3, -0.25) is 4.98 Å². The van der Waals surface area contributed by atoms with Gasteiger partial charge in [0.05, 0.1) is 47.6 Å². The number of aromatic nitrogens is 1. The molecule has 22 atom stereocenters. The molecule has 0 unspecified atom stereocenters. The summed E-state index contributed by atoms with van der Waals surface area (Å²) in [5.74, 6) is -2.02. The Balaban J connectivity index is 0.881. The van der Waals surface area contributed by atoms with E-state index in [2.05, 4.69) is 11.9 Å². The van der Waals surface area contributed by atoms with Gasteiger partial charge >= 0.3 is 11.9 Å². The molecule has 1 aromatic heterocycles. The van der Waals surface area contributed by atoms with Crippen molar-refractivity contribution in [2.45, 2.75) is 214 Å². The van der Waals surface area contributed by atoms with Gasteiger partial charge < -0.3 is 77.6 Å². The maximum Gasteiger partial charge on any atom is 0.340 e. The minimum absolute atomic E-state index is 0.0534. The minimum Gasteiger partial charge on any atom is -0.458 e. The summed E-state index contributed by atoms with van der Waals surface area (Å²) in [4.78, 5) is 31.4. The van der Waals surface area contributed by atoms with Crippen molar-refractivity contribution in [2.24, 2.45) is 16.7 Å². The first-order chi connectivity index (χ1) is 36.1. The van der Waals surface area contributed by atoms with Crippen LogP contribution in [0, 0.1) is 16.7 Å². The molecule has 76 heavy (non-hydrogen) atoms. The first kappa shape index (κ1) is 56.9. The van der Waals surface area contributed by atoms with Crippen molar-refractivity contribution in [3.63, 3.8) is 0 Å². The van der Waals surface area contributed by atoms with Crippen LogP contribution in [0.2, 0.25) is 0 Å². The van der Waals surface area contributed by atoms with Gasteiger partial charge in [-0.15, -0.1) is 0 Å². The van der Waals surface area contributed by atoms with E-state index in [0.29, 0.717) is 32.1 Å². The Morgan fingerprint density at radius 1 is 0.776 bits per heavy atom. The van der Waals surface area contributed by atoms with Crippen molar-refractivity contribution < 1.29 is 87.2 Å². The van der Waals surface area contributed by atoms with Crippen LogP contribution in [0.3, 0.4) is 0 Å². The van der Waals surface area contributed by atoms with Crippen molar-refractivity contribution in [2.75, 3.05) is 21.3 Å². The number of nitrogens with zero attached hydrogens (tertiary/aromatic N) is 1. The van der Waals surface area contributed by atoms with Crippen molar-refractivity contribution in [3.8, 4) is 0 Å². The van der Waals surface area contributed by atoms with E-state index in [1.807, 2.05) is 50.3 Å². The third-order valence-electron chi connectivity index (χ3n) is 18.8. The van der Waals surface area contributed by atoms with Gasteiger partial charge in [0.25, 0.3) is 0 Å². The number of esters is 2. The molecule has 7 aliphatic rings. The van der Waals surface area contributed by atoms with Crippen LogP contribution in [-0.2, 0) is 56.9 Å². The number of rotatable bonds is 15. The van der Waals surface area contributed by atoms with Gasteiger partial charge in [0.1, 0.15) is 59.5 Å². The van der Waals surface area contributed by atoms with Crippen molar-refractivity contribution in [3.05, 3.63) is 83.7 Å². The molecule has 0 radical (unpaired) electrons. The number of ether oxygens (including phenoxy) is 11. The molecule has 0 amide bonds. The summed E-state index contributed by atoms with van der Waals surface area (Å²) in [6.07, 6.45) is -1.79. The lowest BCUT2D eigenvalue weighted by Crippen LogP contribution is -2.78. The fourth-order valence-corrected chi connectivity index (χ4v) is 14.3. The maximum atomic E-state index is 13.9. The Morgan fingerprint density at radius 3 is 2.09 bits per heavy atom. The molecule has 3 saturated heterocycles. The number of pyridine rings is 1. The number of benzene rings is 1. The molecule has 3 aliphatic heterocycles. The molecule has 4 aliphatic carbocycles. The first-order valence-corrected chi connectivity index (χ1v) is 26.9. The number of hydrogen-bond donors (Lipinski definition) is 5. The number of carbonyl (C=O) groups excluding carboxylic acids is 2. The Bertz CT molecular complexity index is 2400. The lowest BCUT2D eigenvalue weighted by Gasteiger charge is -2.67. The third kappa shape index (κ3) is 10.0. The van der Waals surface area contributed by atoms with E-state index >= 15 is 0 Å². The maximum absolute atomic E-state index is 13.9. The number of fused-ring (bicyclic) bond motifs is 5. The highest BCUT2D eigenvalue weighted by atomic mass is 16.8. The van der Waals surface area contributed by atoms with Crippen LogP contribution in [0.15, 0.2) is 72.6 Å². The zero-order valence-electron chi connectivity index (χ0n) is 45.1. The molecular weight excluding hydrogens is 987 g/mol. The van der Waals surface area contributed by atoms with Gasteiger partial charge in [0, 0.05) is 58.6 Å². The van der Waals surface area contributed by atoms with Gasteiger partial charge in [-0.05, 0) is 102 Å². The molecule has 2 aromatic rings. The van der Waals surface area contributed by atoms with Gasteiger partial charge in [-0.1, -0.05) is 55.8 Å². The summed E-state index contributed by atoms with van der Waals surface area (Å²) >= 11 is 0. The average Bonchev–Trinajstić information content (AvgIpc) is 3.26. The van der Waals surface area contributed by atoms with Crippen LogP contribution in [0.5, 0.6) is 0 Å². The van der Waals surface area contributed by atoms with Crippen LogP contribution in [0.25, 0.3) is 6.08 Å². The second-order valence-corrected chi connectivity index (χ2v) is 22.7. The van der Waals surface area contributed by atoms with Crippen molar-refractivity contribution in [1.82, 2.24) is 4.98 Å². The molecule has 420 valence electrons. The Labute approximate surface area is 445 Å². The molecule has 19 nitrogen and oxygen atoms in total. The SMILES string of the molecule is CO[C@@H]1[C@@H](O)[C@H](O[C@@H]2[C@@H](C)O[C@@H](O[C@H]3[C@@H](OC)C[C@H](O[C@H]4CC[C@@]5(C)C(=CC[C@]6(O)[C@@H]5C[C@@H](OC(=O)/C=C/c5ccccc5)[C@@]5(C)[C@]6(O)CC[C@]5(O)[C@H](C)OC(=O)c5cccnc5)C4)O[C@@H]3C)C[C@H]2OC)O[C@H](C)[C@H]1O. The van der Waals surface area contributed by atoms with E-state index in [0.717, 1.165) is 11.1 Å². The summed E-state index contributed by atoms with van der Waals surface area (Å²) in [6, 6.07) is 12.5. The molecular formula is C57H79NO18. The summed E-state index contributed by atoms with van der Waals surface area (Å²) in [5.41, 5.74) is -6.13. The van der Waals surface area contributed by atoms with Crippen molar-refractivity contribution >= 4 is 18.0 Å². The number of aliphatic hydroxyl groups excluding tert-OH is 2. The number of methoxy groups -OCH3 is 3. The summed E-state index contributed by atoms with van der Waals surface area (Å²) in [5, 5.41) is 61.0. The Hall–Kier alpha value is -3.77. The van der Waals surface area contributed by atoms with Crippen LogP contribution < -0.4 is 0 Å². The molecule has 1 aromatic carbocycles. The molecule has 9 rings (SSSR count). The highest BCUT2D eigenvalue weighted by Gasteiger charge is 2.81. The smallest absolute Gasteiger partial charge is 0.340 e. The van der Waals surface area contributed by atoms with E-state index < -0.39 is 138 Å². The Kier molecular flexibility index (Phi) is 16.8. The van der Waals surface area contributed by atoms with E-state index in [1.54, 1.807) is 53.2 Å². The van der Waals surface area contributed by atoms with E-state index in [4.69, 9.17) is 52.1 Å². The van der Waals surface area contributed by atoms with Crippen LogP contribution in [0.1, 0.15) is 115 Å². The molecule has 6 fully saturated rings. The van der Waals surface area contributed by atoms with Crippen molar-refractivity contribution in [1.29, 1.82) is 0 Å². The molecule has 4 heterocycles. The number of hydrogen-bond acceptors (Lipinski definition) is 19. The number of carbonyl (C=O) groups is 2. The summed E-state index contributed by atoms with van der Waals surface area (Å²) in [6.45, 7) is 10.7. The second-order valence-electron chi connectivity index (χ2n) is 22.7. The van der Waals surface area contributed by atoms with Crippen LogP contribution in [0.4, 0.5) is 0 Å². The molecule has 0 bridgehead atoms. The van der Waals surface area contributed by atoms with Gasteiger partial charge in [0.15, 0.2) is 18.9 Å². The monoisotopic (exact) mass is 1070 g/mol.